The zero-order chi connectivity index (χ0) is 13.0. The van der Waals surface area contributed by atoms with Crippen molar-refractivity contribution in [1.29, 1.82) is 0 Å². The second-order valence-electron chi connectivity index (χ2n) is 6.31. The average Bonchev–Trinajstić information content (AvgIpc) is 2.60. The standard InChI is InChI=1S/C15H32N2/c1-7-14-9-8-13(6)17(14)15(11(2)3)10-16-12(4)5/h11-16H,7-10H2,1-6H3. The Hall–Kier alpha value is -0.0800. The maximum atomic E-state index is 3.63. The highest BCUT2D eigenvalue weighted by Crippen LogP contribution is 2.30. The number of likely N-dealkylation sites (tertiary alicyclic amines) is 1. The normalized spacial score (nSPS) is 28.2. The first kappa shape index (κ1) is 15.0. The fourth-order valence-electron chi connectivity index (χ4n) is 3.15. The summed E-state index contributed by atoms with van der Waals surface area (Å²) in [4.78, 5) is 2.79. The van der Waals surface area contributed by atoms with Crippen LogP contribution >= 0.6 is 0 Å². The summed E-state index contributed by atoms with van der Waals surface area (Å²) in [6.07, 6.45) is 4.07. The van der Waals surface area contributed by atoms with Crippen molar-refractivity contribution >= 4 is 0 Å². The van der Waals surface area contributed by atoms with Crippen LogP contribution in [-0.2, 0) is 0 Å². The smallest absolute Gasteiger partial charge is 0.0249 e. The topological polar surface area (TPSA) is 15.3 Å². The minimum Gasteiger partial charge on any atom is -0.313 e. The Morgan fingerprint density at radius 3 is 2.29 bits per heavy atom. The summed E-state index contributed by atoms with van der Waals surface area (Å²) in [7, 11) is 0. The van der Waals surface area contributed by atoms with Gasteiger partial charge in [-0.05, 0) is 32.1 Å². The van der Waals surface area contributed by atoms with Crippen molar-refractivity contribution < 1.29 is 0 Å². The predicted molar refractivity (Wildman–Crippen MR) is 76.4 cm³/mol. The van der Waals surface area contributed by atoms with Crippen LogP contribution in [0, 0.1) is 5.92 Å². The molecule has 0 aromatic rings. The molecular formula is C15H32N2. The molecule has 1 rings (SSSR count). The molecule has 102 valence electrons. The van der Waals surface area contributed by atoms with Gasteiger partial charge in [-0.15, -0.1) is 0 Å². The molecule has 0 aromatic heterocycles. The van der Waals surface area contributed by atoms with Crippen LogP contribution in [0.4, 0.5) is 0 Å². The van der Waals surface area contributed by atoms with E-state index in [0.29, 0.717) is 12.1 Å². The van der Waals surface area contributed by atoms with Crippen LogP contribution in [-0.4, -0.2) is 35.6 Å². The second-order valence-corrected chi connectivity index (χ2v) is 6.31. The highest BCUT2D eigenvalue weighted by Gasteiger charge is 2.35. The molecule has 1 aliphatic rings. The minimum absolute atomic E-state index is 0.592. The van der Waals surface area contributed by atoms with Crippen LogP contribution in [0.25, 0.3) is 0 Å². The first-order valence-corrected chi connectivity index (χ1v) is 7.48. The molecule has 1 fully saturated rings. The summed E-state index contributed by atoms with van der Waals surface area (Å²) < 4.78 is 0. The predicted octanol–water partition coefficient (Wildman–Crippen LogP) is 3.27. The Morgan fingerprint density at radius 1 is 1.18 bits per heavy atom. The quantitative estimate of drug-likeness (QED) is 0.766. The minimum atomic E-state index is 0.592. The summed E-state index contributed by atoms with van der Waals surface area (Å²) in [6, 6.07) is 2.86. The van der Waals surface area contributed by atoms with Crippen molar-refractivity contribution in [3.05, 3.63) is 0 Å². The van der Waals surface area contributed by atoms with Crippen LogP contribution in [0.2, 0.25) is 0 Å². The van der Waals surface area contributed by atoms with E-state index >= 15 is 0 Å². The van der Waals surface area contributed by atoms with Crippen molar-refractivity contribution in [2.45, 2.75) is 85.0 Å². The van der Waals surface area contributed by atoms with Gasteiger partial charge in [0.1, 0.15) is 0 Å². The van der Waals surface area contributed by atoms with Crippen molar-refractivity contribution in [2.75, 3.05) is 6.54 Å². The van der Waals surface area contributed by atoms with Crippen LogP contribution < -0.4 is 5.32 Å². The van der Waals surface area contributed by atoms with Crippen LogP contribution in [0.3, 0.4) is 0 Å². The fourth-order valence-corrected chi connectivity index (χ4v) is 3.15. The molecular weight excluding hydrogens is 208 g/mol. The summed E-state index contributed by atoms with van der Waals surface area (Å²) in [6.45, 7) is 15.1. The second kappa shape index (κ2) is 6.75. The molecule has 0 spiro atoms. The average molecular weight is 240 g/mol. The van der Waals surface area contributed by atoms with Crippen LogP contribution in [0.1, 0.15) is 60.8 Å². The van der Waals surface area contributed by atoms with E-state index in [4.69, 9.17) is 0 Å². The number of rotatable bonds is 6. The van der Waals surface area contributed by atoms with Gasteiger partial charge in [0.05, 0.1) is 0 Å². The molecule has 0 saturated carbocycles. The molecule has 1 aliphatic heterocycles. The first-order chi connectivity index (χ1) is 7.97. The third-order valence-corrected chi connectivity index (χ3v) is 4.21. The molecule has 3 unspecified atom stereocenters. The Kier molecular flexibility index (Phi) is 5.94. The molecule has 1 saturated heterocycles. The van der Waals surface area contributed by atoms with Gasteiger partial charge in [-0.1, -0.05) is 34.6 Å². The molecule has 0 radical (unpaired) electrons. The monoisotopic (exact) mass is 240 g/mol. The Balaban J connectivity index is 2.67. The van der Waals surface area contributed by atoms with Gasteiger partial charge >= 0.3 is 0 Å². The fraction of sp³-hybridized carbons (Fsp3) is 1.00. The third kappa shape index (κ3) is 3.96. The van der Waals surface area contributed by atoms with E-state index in [1.165, 1.54) is 19.3 Å². The maximum Gasteiger partial charge on any atom is 0.0249 e. The van der Waals surface area contributed by atoms with Gasteiger partial charge < -0.3 is 5.32 Å². The Labute approximate surface area is 108 Å². The highest BCUT2D eigenvalue weighted by molar-refractivity contribution is 4.91. The molecule has 17 heavy (non-hydrogen) atoms. The first-order valence-electron chi connectivity index (χ1n) is 7.48. The van der Waals surface area contributed by atoms with E-state index in [9.17, 15) is 0 Å². The van der Waals surface area contributed by atoms with E-state index in [1.807, 2.05) is 0 Å². The maximum absolute atomic E-state index is 3.63. The number of nitrogens with zero attached hydrogens (tertiary/aromatic N) is 1. The Bertz CT molecular complexity index is 213. The Morgan fingerprint density at radius 2 is 1.82 bits per heavy atom. The molecule has 0 amide bonds. The lowest BCUT2D eigenvalue weighted by atomic mass is 9.99. The van der Waals surface area contributed by atoms with E-state index in [2.05, 4.69) is 51.8 Å². The summed E-state index contributed by atoms with van der Waals surface area (Å²) >= 11 is 0. The van der Waals surface area contributed by atoms with E-state index in [0.717, 1.165) is 24.5 Å². The number of hydrogen-bond donors (Lipinski definition) is 1. The van der Waals surface area contributed by atoms with Gasteiger partial charge in [-0.3, -0.25) is 4.90 Å². The zero-order valence-corrected chi connectivity index (χ0v) is 12.7. The summed E-state index contributed by atoms with van der Waals surface area (Å²) in [5.41, 5.74) is 0. The van der Waals surface area contributed by atoms with Crippen molar-refractivity contribution in [3.8, 4) is 0 Å². The van der Waals surface area contributed by atoms with E-state index < -0.39 is 0 Å². The van der Waals surface area contributed by atoms with Gasteiger partial charge in [0, 0.05) is 30.7 Å². The van der Waals surface area contributed by atoms with Crippen molar-refractivity contribution in [2.24, 2.45) is 5.92 Å². The van der Waals surface area contributed by atoms with Crippen molar-refractivity contribution in [3.63, 3.8) is 0 Å². The van der Waals surface area contributed by atoms with Gasteiger partial charge in [-0.2, -0.15) is 0 Å². The van der Waals surface area contributed by atoms with Gasteiger partial charge in [0.25, 0.3) is 0 Å². The molecule has 1 N–H and O–H groups in total. The highest BCUT2D eigenvalue weighted by atomic mass is 15.2. The number of hydrogen-bond acceptors (Lipinski definition) is 2. The van der Waals surface area contributed by atoms with Gasteiger partial charge in [0.2, 0.25) is 0 Å². The summed E-state index contributed by atoms with van der Waals surface area (Å²) in [5, 5.41) is 3.63. The molecule has 0 aliphatic carbocycles. The number of nitrogens with one attached hydrogen (secondary N) is 1. The molecule has 3 atom stereocenters. The van der Waals surface area contributed by atoms with Crippen molar-refractivity contribution in [1.82, 2.24) is 10.2 Å². The zero-order valence-electron chi connectivity index (χ0n) is 12.7. The lowest BCUT2D eigenvalue weighted by Crippen LogP contribution is -2.51. The van der Waals surface area contributed by atoms with E-state index in [-0.39, 0.29) is 0 Å². The SMILES string of the molecule is CCC1CCC(C)N1C(CNC(C)C)C(C)C. The van der Waals surface area contributed by atoms with Crippen LogP contribution in [0.5, 0.6) is 0 Å². The lowest BCUT2D eigenvalue weighted by molar-refractivity contribution is 0.0973. The van der Waals surface area contributed by atoms with E-state index in [1.54, 1.807) is 0 Å². The molecule has 1 heterocycles. The molecule has 2 nitrogen and oxygen atoms in total. The molecule has 0 bridgehead atoms. The molecule has 0 aromatic carbocycles. The largest absolute Gasteiger partial charge is 0.313 e. The molecule has 2 heteroatoms. The van der Waals surface area contributed by atoms with Gasteiger partial charge in [-0.25, -0.2) is 0 Å². The summed E-state index contributed by atoms with van der Waals surface area (Å²) in [5.74, 6) is 0.732. The third-order valence-electron chi connectivity index (χ3n) is 4.21. The van der Waals surface area contributed by atoms with Crippen LogP contribution in [0.15, 0.2) is 0 Å². The van der Waals surface area contributed by atoms with Gasteiger partial charge in [0.15, 0.2) is 0 Å². The lowest BCUT2D eigenvalue weighted by Gasteiger charge is -2.39.